The molecule has 1 rings (SSSR count). The summed E-state index contributed by atoms with van der Waals surface area (Å²) in [6.07, 6.45) is 12.4. The standard InChI is InChI=1S/C13H20N2/c1-3-12(10-11-14)15(4-2)13-8-6-5-7-9-13/h1,12-13H,4-10H2,2H3. The lowest BCUT2D eigenvalue weighted by atomic mass is 9.93. The highest BCUT2D eigenvalue weighted by Gasteiger charge is 2.24. The van der Waals surface area contributed by atoms with Gasteiger partial charge in [-0.15, -0.1) is 6.42 Å². The lowest BCUT2D eigenvalue weighted by molar-refractivity contribution is 0.138. The van der Waals surface area contributed by atoms with Crippen molar-refractivity contribution in [2.75, 3.05) is 6.54 Å². The van der Waals surface area contributed by atoms with E-state index in [9.17, 15) is 0 Å². The van der Waals surface area contributed by atoms with Gasteiger partial charge in [0.2, 0.25) is 0 Å². The molecule has 0 aliphatic heterocycles. The van der Waals surface area contributed by atoms with E-state index in [1.165, 1.54) is 32.1 Å². The second-order valence-corrected chi connectivity index (χ2v) is 4.17. The summed E-state index contributed by atoms with van der Waals surface area (Å²) in [5, 5.41) is 8.74. The molecule has 2 nitrogen and oxygen atoms in total. The first kappa shape index (κ1) is 12.1. The van der Waals surface area contributed by atoms with Crippen molar-refractivity contribution in [2.24, 2.45) is 0 Å². The number of hydrogen-bond donors (Lipinski definition) is 0. The van der Waals surface area contributed by atoms with Gasteiger partial charge in [0, 0.05) is 6.04 Å². The van der Waals surface area contributed by atoms with Crippen molar-refractivity contribution in [1.29, 1.82) is 5.26 Å². The maximum atomic E-state index is 8.74. The van der Waals surface area contributed by atoms with Gasteiger partial charge in [-0.1, -0.05) is 32.1 Å². The number of terminal acetylenes is 1. The molecule has 0 amide bonds. The summed E-state index contributed by atoms with van der Waals surface area (Å²) in [6, 6.07) is 2.81. The SMILES string of the molecule is C#CC(CC#N)N(CC)C1CCCCC1. The van der Waals surface area contributed by atoms with E-state index in [-0.39, 0.29) is 6.04 Å². The zero-order valence-corrected chi connectivity index (χ0v) is 9.58. The number of hydrogen-bond acceptors (Lipinski definition) is 2. The first-order valence-electron chi connectivity index (χ1n) is 5.92. The van der Waals surface area contributed by atoms with Crippen LogP contribution in [0.3, 0.4) is 0 Å². The normalized spacial score (nSPS) is 19.5. The van der Waals surface area contributed by atoms with Gasteiger partial charge in [-0.25, -0.2) is 0 Å². The van der Waals surface area contributed by atoms with Crippen LogP contribution in [0.25, 0.3) is 0 Å². The molecule has 15 heavy (non-hydrogen) atoms. The molecular formula is C13H20N2. The molecule has 1 aliphatic carbocycles. The van der Waals surface area contributed by atoms with Crippen molar-refractivity contribution in [3.8, 4) is 18.4 Å². The second-order valence-electron chi connectivity index (χ2n) is 4.17. The van der Waals surface area contributed by atoms with Gasteiger partial charge in [0.15, 0.2) is 0 Å². The molecule has 0 saturated heterocycles. The summed E-state index contributed by atoms with van der Waals surface area (Å²) in [5.41, 5.74) is 0. The Morgan fingerprint density at radius 2 is 2.07 bits per heavy atom. The van der Waals surface area contributed by atoms with Crippen LogP contribution in [0.15, 0.2) is 0 Å². The summed E-state index contributed by atoms with van der Waals surface area (Å²) in [7, 11) is 0. The Morgan fingerprint density at radius 1 is 1.40 bits per heavy atom. The maximum absolute atomic E-state index is 8.74. The van der Waals surface area contributed by atoms with Crippen LogP contribution in [0.5, 0.6) is 0 Å². The van der Waals surface area contributed by atoms with Crippen LogP contribution in [0.1, 0.15) is 45.4 Å². The minimum Gasteiger partial charge on any atom is -0.286 e. The second kappa shape index (κ2) is 6.49. The van der Waals surface area contributed by atoms with Gasteiger partial charge in [-0.05, 0) is 19.4 Å². The molecule has 0 bridgehead atoms. The highest BCUT2D eigenvalue weighted by molar-refractivity contribution is 5.05. The van der Waals surface area contributed by atoms with Gasteiger partial charge in [-0.2, -0.15) is 5.26 Å². The predicted octanol–water partition coefficient (Wildman–Crippen LogP) is 2.56. The van der Waals surface area contributed by atoms with Crippen LogP contribution in [0, 0.1) is 23.7 Å². The molecule has 0 aromatic rings. The molecule has 2 heteroatoms. The molecule has 82 valence electrons. The van der Waals surface area contributed by atoms with Gasteiger partial charge in [-0.3, -0.25) is 4.90 Å². The Kier molecular flexibility index (Phi) is 5.22. The fourth-order valence-corrected chi connectivity index (χ4v) is 2.50. The Bertz CT molecular complexity index is 253. The third-order valence-electron chi connectivity index (χ3n) is 3.29. The molecule has 0 aromatic carbocycles. The van der Waals surface area contributed by atoms with Gasteiger partial charge < -0.3 is 0 Å². The zero-order valence-electron chi connectivity index (χ0n) is 9.58. The molecule has 1 unspecified atom stereocenters. The van der Waals surface area contributed by atoms with Crippen molar-refractivity contribution in [3.63, 3.8) is 0 Å². The van der Waals surface area contributed by atoms with Crippen LogP contribution >= 0.6 is 0 Å². The minimum atomic E-state index is 0.0168. The van der Waals surface area contributed by atoms with Crippen LogP contribution in [0.2, 0.25) is 0 Å². The fourth-order valence-electron chi connectivity index (χ4n) is 2.50. The van der Waals surface area contributed by atoms with Crippen molar-refractivity contribution >= 4 is 0 Å². The molecule has 1 saturated carbocycles. The van der Waals surface area contributed by atoms with Crippen LogP contribution < -0.4 is 0 Å². The van der Waals surface area contributed by atoms with E-state index < -0.39 is 0 Å². The molecule has 0 N–H and O–H groups in total. The van der Waals surface area contributed by atoms with Crippen molar-refractivity contribution in [1.82, 2.24) is 4.90 Å². The zero-order chi connectivity index (χ0) is 11.1. The van der Waals surface area contributed by atoms with E-state index in [1.54, 1.807) is 0 Å². The first-order chi connectivity index (χ1) is 7.33. The summed E-state index contributed by atoms with van der Waals surface area (Å²) >= 11 is 0. The first-order valence-corrected chi connectivity index (χ1v) is 5.92. The summed E-state index contributed by atoms with van der Waals surface area (Å²) in [6.45, 7) is 3.09. The van der Waals surface area contributed by atoms with Gasteiger partial charge in [0.05, 0.1) is 18.5 Å². The van der Waals surface area contributed by atoms with E-state index in [2.05, 4.69) is 23.8 Å². The number of rotatable bonds is 4. The average molecular weight is 204 g/mol. The van der Waals surface area contributed by atoms with E-state index in [0.717, 1.165) is 6.54 Å². The third-order valence-corrected chi connectivity index (χ3v) is 3.29. The Labute approximate surface area is 93.3 Å². The Hall–Kier alpha value is -0.990. The molecule has 0 radical (unpaired) electrons. The van der Waals surface area contributed by atoms with Gasteiger partial charge >= 0.3 is 0 Å². The number of nitriles is 1. The lowest BCUT2D eigenvalue weighted by Crippen LogP contribution is -2.43. The van der Waals surface area contributed by atoms with E-state index in [1.807, 2.05) is 0 Å². The van der Waals surface area contributed by atoms with Crippen LogP contribution in [-0.4, -0.2) is 23.5 Å². The van der Waals surface area contributed by atoms with Crippen molar-refractivity contribution in [3.05, 3.63) is 0 Å². The highest BCUT2D eigenvalue weighted by Crippen LogP contribution is 2.24. The summed E-state index contributed by atoms with van der Waals surface area (Å²) in [4.78, 5) is 2.34. The van der Waals surface area contributed by atoms with E-state index >= 15 is 0 Å². The molecule has 1 fully saturated rings. The average Bonchev–Trinajstić information content (AvgIpc) is 2.30. The van der Waals surface area contributed by atoms with Crippen molar-refractivity contribution < 1.29 is 0 Å². The minimum absolute atomic E-state index is 0.0168. The Balaban J connectivity index is 2.60. The lowest BCUT2D eigenvalue weighted by Gasteiger charge is -2.36. The monoisotopic (exact) mass is 204 g/mol. The maximum Gasteiger partial charge on any atom is 0.0845 e. The quantitative estimate of drug-likeness (QED) is 0.658. The molecular weight excluding hydrogens is 184 g/mol. The van der Waals surface area contributed by atoms with Gasteiger partial charge in [0.25, 0.3) is 0 Å². The highest BCUT2D eigenvalue weighted by atomic mass is 15.2. The third kappa shape index (κ3) is 3.26. The smallest absolute Gasteiger partial charge is 0.0845 e. The largest absolute Gasteiger partial charge is 0.286 e. The van der Waals surface area contributed by atoms with Crippen LogP contribution in [-0.2, 0) is 0 Å². The van der Waals surface area contributed by atoms with E-state index in [4.69, 9.17) is 11.7 Å². The summed E-state index contributed by atoms with van der Waals surface area (Å²) in [5.74, 6) is 2.75. The molecule has 0 spiro atoms. The molecule has 0 aromatic heterocycles. The molecule has 1 atom stereocenters. The topological polar surface area (TPSA) is 27.0 Å². The van der Waals surface area contributed by atoms with Crippen LogP contribution in [0.4, 0.5) is 0 Å². The molecule has 0 heterocycles. The van der Waals surface area contributed by atoms with Gasteiger partial charge in [0.1, 0.15) is 0 Å². The number of nitrogens with zero attached hydrogens (tertiary/aromatic N) is 2. The fraction of sp³-hybridized carbons (Fsp3) is 0.769. The van der Waals surface area contributed by atoms with E-state index in [0.29, 0.717) is 12.5 Å². The Morgan fingerprint density at radius 3 is 2.53 bits per heavy atom. The predicted molar refractivity (Wildman–Crippen MR) is 62.1 cm³/mol. The van der Waals surface area contributed by atoms with Crippen molar-refractivity contribution in [2.45, 2.75) is 57.5 Å². The molecule has 1 aliphatic rings. The summed E-state index contributed by atoms with van der Waals surface area (Å²) < 4.78 is 0.